The number of hydrogen-bond acceptors (Lipinski definition) is 5. The van der Waals surface area contributed by atoms with E-state index in [0.717, 1.165) is 5.06 Å². The van der Waals surface area contributed by atoms with Gasteiger partial charge < -0.3 is 9.84 Å². The fraction of sp³-hybridized carbons (Fsp3) is 0.417. The Morgan fingerprint density at radius 3 is 2.68 bits per heavy atom. The van der Waals surface area contributed by atoms with Crippen LogP contribution in [0.3, 0.4) is 0 Å². The summed E-state index contributed by atoms with van der Waals surface area (Å²) in [6, 6.07) is 3.54. The molecule has 19 heavy (non-hydrogen) atoms. The van der Waals surface area contributed by atoms with Gasteiger partial charge in [-0.05, 0) is 19.1 Å². The number of aromatic nitrogens is 1. The van der Waals surface area contributed by atoms with Crippen LogP contribution in [0.25, 0.3) is 0 Å². The number of amides is 1. The summed E-state index contributed by atoms with van der Waals surface area (Å²) in [6.07, 6.45) is 1.44. The Hall–Kier alpha value is -1.99. The Kier molecular flexibility index (Phi) is 5.91. The second kappa shape index (κ2) is 7.45. The maximum Gasteiger partial charge on any atom is 0.331 e. The van der Waals surface area contributed by atoms with Crippen LogP contribution < -0.4 is 0 Å². The quantitative estimate of drug-likeness (QED) is 0.727. The van der Waals surface area contributed by atoms with Crippen molar-refractivity contribution in [2.24, 2.45) is 0 Å². The highest BCUT2D eigenvalue weighted by atomic mass is 16.7. The van der Waals surface area contributed by atoms with Crippen LogP contribution in [0.15, 0.2) is 24.4 Å². The van der Waals surface area contributed by atoms with Crippen molar-refractivity contribution in [2.45, 2.75) is 13.0 Å². The third kappa shape index (κ3) is 4.01. The van der Waals surface area contributed by atoms with Crippen molar-refractivity contribution in [2.75, 3.05) is 20.3 Å². The fourth-order valence-electron chi connectivity index (χ4n) is 1.42. The lowest BCUT2D eigenvalue weighted by Gasteiger charge is -2.25. The minimum Gasteiger partial charge on any atom is -0.480 e. The molecule has 7 heteroatoms. The van der Waals surface area contributed by atoms with E-state index in [1.807, 2.05) is 0 Å². The Labute approximate surface area is 110 Å². The molecule has 1 rings (SSSR count). The first kappa shape index (κ1) is 15.1. The maximum atomic E-state index is 12.1. The van der Waals surface area contributed by atoms with Gasteiger partial charge in [0.2, 0.25) is 0 Å². The molecular weight excluding hydrogens is 252 g/mol. The summed E-state index contributed by atoms with van der Waals surface area (Å²) in [5.41, 5.74) is 0.104. The molecule has 1 aromatic heterocycles. The number of carboxylic acid groups (broad SMARTS) is 1. The number of pyridine rings is 1. The molecule has 104 valence electrons. The van der Waals surface area contributed by atoms with Crippen molar-refractivity contribution < 1.29 is 24.3 Å². The molecule has 0 aromatic carbocycles. The van der Waals surface area contributed by atoms with Gasteiger partial charge in [-0.3, -0.25) is 14.6 Å². The maximum absolute atomic E-state index is 12.1. The number of nitrogens with zero attached hydrogens (tertiary/aromatic N) is 2. The van der Waals surface area contributed by atoms with E-state index in [1.165, 1.54) is 19.4 Å². The van der Waals surface area contributed by atoms with E-state index in [-0.39, 0.29) is 12.3 Å². The molecule has 0 aliphatic heterocycles. The van der Waals surface area contributed by atoms with Crippen LogP contribution >= 0.6 is 0 Å². The molecule has 0 fully saturated rings. The summed E-state index contributed by atoms with van der Waals surface area (Å²) in [6.45, 7) is 1.92. The summed E-state index contributed by atoms with van der Waals surface area (Å²) in [5, 5.41) is 9.87. The number of carbonyl (C=O) groups is 2. The number of rotatable bonds is 7. The molecule has 1 unspecified atom stereocenters. The SMILES string of the molecule is CCOCC(C(=O)O)N(OC)C(=O)c1ccccn1. The second-order valence-corrected chi connectivity index (χ2v) is 3.54. The monoisotopic (exact) mass is 268 g/mol. The lowest BCUT2D eigenvalue weighted by atomic mass is 10.2. The Bertz CT molecular complexity index is 423. The normalized spacial score (nSPS) is 11.9. The molecule has 0 aliphatic carbocycles. The summed E-state index contributed by atoms with van der Waals surface area (Å²) in [5.74, 6) is -1.84. The second-order valence-electron chi connectivity index (χ2n) is 3.54. The summed E-state index contributed by atoms with van der Waals surface area (Å²) in [4.78, 5) is 32.0. The van der Waals surface area contributed by atoms with Gasteiger partial charge in [-0.1, -0.05) is 6.07 Å². The van der Waals surface area contributed by atoms with Crippen LogP contribution in [0.5, 0.6) is 0 Å². The van der Waals surface area contributed by atoms with E-state index in [1.54, 1.807) is 19.1 Å². The molecule has 1 aromatic rings. The van der Waals surface area contributed by atoms with Crippen molar-refractivity contribution in [1.29, 1.82) is 0 Å². The molecule has 1 N–H and O–H groups in total. The minimum atomic E-state index is -1.22. The predicted octanol–water partition coefficient (Wildman–Crippen LogP) is 0.575. The fourth-order valence-corrected chi connectivity index (χ4v) is 1.42. The van der Waals surface area contributed by atoms with Gasteiger partial charge in [0, 0.05) is 12.8 Å². The molecule has 1 heterocycles. The predicted molar refractivity (Wildman–Crippen MR) is 65.3 cm³/mol. The molecule has 0 aliphatic rings. The molecule has 0 saturated heterocycles. The lowest BCUT2D eigenvalue weighted by Crippen LogP contribution is -2.47. The van der Waals surface area contributed by atoms with Crippen molar-refractivity contribution >= 4 is 11.9 Å². The first-order valence-corrected chi connectivity index (χ1v) is 5.71. The van der Waals surface area contributed by atoms with Crippen LogP contribution in [0.2, 0.25) is 0 Å². The summed E-state index contributed by atoms with van der Waals surface area (Å²) >= 11 is 0. The highest BCUT2D eigenvalue weighted by molar-refractivity contribution is 5.94. The first-order valence-electron chi connectivity index (χ1n) is 5.71. The Balaban J connectivity index is 2.90. The molecular formula is C12H16N2O5. The van der Waals surface area contributed by atoms with Crippen molar-refractivity contribution in [3.05, 3.63) is 30.1 Å². The van der Waals surface area contributed by atoms with Gasteiger partial charge in [0.25, 0.3) is 5.91 Å². The van der Waals surface area contributed by atoms with E-state index >= 15 is 0 Å². The zero-order valence-corrected chi connectivity index (χ0v) is 10.8. The van der Waals surface area contributed by atoms with Crippen LogP contribution in [-0.2, 0) is 14.4 Å². The van der Waals surface area contributed by atoms with Gasteiger partial charge in [0.1, 0.15) is 5.69 Å². The molecule has 0 bridgehead atoms. The van der Waals surface area contributed by atoms with Gasteiger partial charge in [-0.25, -0.2) is 4.79 Å². The number of carbonyl (C=O) groups excluding carboxylic acids is 1. The number of carboxylic acids is 1. The van der Waals surface area contributed by atoms with Gasteiger partial charge in [0.05, 0.1) is 13.7 Å². The first-order chi connectivity index (χ1) is 9.11. The largest absolute Gasteiger partial charge is 0.480 e. The summed E-state index contributed by atoms with van der Waals surface area (Å²) in [7, 11) is 1.22. The number of ether oxygens (including phenoxy) is 1. The molecule has 1 amide bonds. The van der Waals surface area contributed by atoms with Crippen LogP contribution in [0, 0.1) is 0 Å². The van der Waals surface area contributed by atoms with E-state index in [2.05, 4.69) is 4.98 Å². The van der Waals surface area contributed by atoms with E-state index in [0.29, 0.717) is 6.61 Å². The van der Waals surface area contributed by atoms with Crippen molar-refractivity contribution in [3.63, 3.8) is 0 Å². The van der Waals surface area contributed by atoms with E-state index in [9.17, 15) is 9.59 Å². The highest BCUT2D eigenvalue weighted by Gasteiger charge is 2.31. The van der Waals surface area contributed by atoms with Gasteiger partial charge in [-0.15, -0.1) is 0 Å². The molecule has 0 spiro atoms. The lowest BCUT2D eigenvalue weighted by molar-refractivity contribution is -0.172. The molecule has 0 radical (unpaired) electrons. The molecule has 0 saturated carbocycles. The average Bonchev–Trinajstić information content (AvgIpc) is 2.43. The Morgan fingerprint density at radius 2 is 2.21 bits per heavy atom. The minimum absolute atomic E-state index is 0.104. The van der Waals surface area contributed by atoms with E-state index in [4.69, 9.17) is 14.7 Å². The van der Waals surface area contributed by atoms with Gasteiger partial charge in [0.15, 0.2) is 6.04 Å². The third-order valence-electron chi connectivity index (χ3n) is 2.33. The van der Waals surface area contributed by atoms with Gasteiger partial charge >= 0.3 is 5.97 Å². The van der Waals surface area contributed by atoms with Crippen LogP contribution in [0.1, 0.15) is 17.4 Å². The van der Waals surface area contributed by atoms with Crippen molar-refractivity contribution in [1.82, 2.24) is 10.0 Å². The standard InChI is InChI=1S/C12H16N2O5/c1-3-19-8-10(12(16)17)14(18-2)11(15)9-6-4-5-7-13-9/h4-7,10H,3,8H2,1-2H3,(H,16,17). The zero-order chi connectivity index (χ0) is 14.3. The Morgan fingerprint density at radius 1 is 1.47 bits per heavy atom. The zero-order valence-electron chi connectivity index (χ0n) is 10.8. The molecule has 7 nitrogen and oxygen atoms in total. The number of hydrogen-bond donors (Lipinski definition) is 1. The van der Waals surface area contributed by atoms with E-state index < -0.39 is 17.9 Å². The van der Waals surface area contributed by atoms with Crippen LogP contribution in [0.4, 0.5) is 0 Å². The number of aliphatic carboxylic acids is 1. The smallest absolute Gasteiger partial charge is 0.331 e. The highest BCUT2D eigenvalue weighted by Crippen LogP contribution is 2.08. The average molecular weight is 268 g/mol. The third-order valence-corrected chi connectivity index (χ3v) is 2.33. The molecule has 1 atom stereocenters. The topological polar surface area (TPSA) is 89.0 Å². The summed E-state index contributed by atoms with van der Waals surface area (Å²) < 4.78 is 5.05. The number of hydroxylamine groups is 2. The van der Waals surface area contributed by atoms with Crippen molar-refractivity contribution in [3.8, 4) is 0 Å². The van der Waals surface area contributed by atoms with Gasteiger partial charge in [-0.2, -0.15) is 5.06 Å². The van der Waals surface area contributed by atoms with Crippen LogP contribution in [-0.4, -0.2) is 53.4 Å².